The summed E-state index contributed by atoms with van der Waals surface area (Å²) >= 11 is 0. The molecular formula is C15H17N5O. The van der Waals surface area contributed by atoms with E-state index in [1.807, 2.05) is 25.4 Å². The lowest BCUT2D eigenvalue weighted by Crippen LogP contribution is -2.13. The molecule has 0 aromatic carbocycles. The first-order valence-electron chi connectivity index (χ1n) is 6.82. The molecule has 3 aromatic rings. The highest BCUT2D eigenvalue weighted by Gasteiger charge is 2.13. The van der Waals surface area contributed by atoms with Crippen molar-refractivity contribution in [1.82, 2.24) is 19.7 Å². The number of rotatable bonds is 4. The Labute approximate surface area is 122 Å². The van der Waals surface area contributed by atoms with E-state index in [0.29, 0.717) is 6.54 Å². The molecule has 0 saturated heterocycles. The Balaban J connectivity index is 2.13. The summed E-state index contributed by atoms with van der Waals surface area (Å²) in [6.07, 6.45) is 4.86. The summed E-state index contributed by atoms with van der Waals surface area (Å²) in [5.74, 6) is 0.758. The molecule has 108 valence electrons. The Morgan fingerprint density at radius 3 is 2.71 bits per heavy atom. The molecule has 0 saturated carbocycles. The van der Waals surface area contributed by atoms with Crippen LogP contribution in [0, 0.1) is 0 Å². The van der Waals surface area contributed by atoms with Crippen molar-refractivity contribution in [1.29, 1.82) is 0 Å². The standard InChI is InChI=1S/C15H17N5O/c1-10(21)9-20-15-13(14(16-2)19-20)7-12(8-18-15)11-3-5-17-6-4-11/h3-8,10,21H,9H2,1-2H3,(H,16,19). The molecule has 3 heterocycles. The molecule has 1 unspecified atom stereocenters. The monoisotopic (exact) mass is 283 g/mol. The number of aliphatic hydroxyl groups excluding tert-OH is 1. The van der Waals surface area contributed by atoms with Gasteiger partial charge in [0, 0.05) is 31.2 Å². The van der Waals surface area contributed by atoms with Gasteiger partial charge < -0.3 is 10.4 Å². The predicted octanol–water partition coefficient (Wildman–Crippen LogP) is 1.92. The van der Waals surface area contributed by atoms with Crippen molar-refractivity contribution in [3.63, 3.8) is 0 Å². The van der Waals surface area contributed by atoms with Crippen molar-refractivity contribution < 1.29 is 5.11 Å². The molecule has 3 aromatic heterocycles. The number of fused-ring (bicyclic) bond motifs is 1. The number of anilines is 1. The second kappa shape index (κ2) is 5.49. The van der Waals surface area contributed by atoms with Crippen LogP contribution >= 0.6 is 0 Å². The number of nitrogens with zero attached hydrogens (tertiary/aromatic N) is 4. The van der Waals surface area contributed by atoms with Gasteiger partial charge in [0.15, 0.2) is 11.5 Å². The van der Waals surface area contributed by atoms with Crippen molar-refractivity contribution in [2.45, 2.75) is 19.6 Å². The quantitative estimate of drug-likeness (QED) is 0.765. The highest BCUT2D eigenvalue weighted by Crippen LogP contribution is 2.26. The molecule has 0 radical (unpaired) electrons. The molecule has 0 fully saturated rings. The molecule has 0 bridgehead atoms. The number of hydrogen-bond donors (Lipinski definition) is 2. The zero-order chi connectivity index (χ0) is 14.8. The number of aliphatic hydroxyl groups is 1. The van der Waals surface area contributed by atoms with E-state index < -0.39 is 6.10 Å². The van der Waals surface area contributed by atoms with Crippen LogP contribution in [0.25, 0.3) is 22.2 Å². The summed E-state index contributed by atoms with van der Waals surface area (Å²) in [6.45, 7) is 2.15. The highest BCUT2D eigenvalue weighted by atomic mass is 16.3. The van der Waals surface area contributed by atoms with Crippen molar-refractivity contribution in [3.05, 3.63) is 36.8 Å². The van der Waals surface area contributed by atoms with Crippen molar-refractivity contribution in [3.8, 4) is 11.1 Å². The van der Waals surface area contributed by atoms with Crippen LogP contribution in [0.5, 0.6) is 0 Å². The zero-order valence-electron chi connectivity index (χ0n) is 12.0. The molecule has 0 aliphatic carbocycles. The normalized spacial score (nSPS) is 12.5. The topological polar surface area (TPSA) is 75.9 Å². The van der Waals surface area contributed by atoms with Gasteiger partial charge in [-0.3, -0.25) is 4.98 Å². The average Bonchev–Trinajstić information content (AvgIpc) is 2.85. The van der Waals surface area contributed by atoms with Crippen molar-refractivity contribution in [2.24, 2.45) is 0 Å². The molecule has 3 rings (SSSR count). The van der Waals surface area contributed by atoms with Gasteiger partial charge >= 0.3 is 0 Å². The van der Waals surface area contributed by atoms with Gasteiger partial charge in [-0.2, -0.15) is 5.10 Å². The van der Waals surface area contributed by atoms with Crippen LogP contribution in [0.1, 0.15) is 6.92 Å². The summed E-state index contributed by atoms with van der Waals surface area (Å²) in [6, 6.07) is 5.94. The van der Waals surface area contributed by atoms with Crippen molar-refractivity contribution in [2.75, 3.05) is 12.4 Å². The van der Waals surface area contributed by atoms with Crippen LogP contribution in [0.15, 0.2) is 36.8 Å². The smallest absolute Gasteiger partial charge is 0.160 e. The SMILES string of the molecule is CNc1nn(CC(C)O)c2ncc(-c3ccncc3)cc12. The minimum absolute atomic E-state index is 0.416. The summed E-state index contributed by atoms with van der Waals surface area (Å²) in [5.41, 5.74) is 2.83. The molecule has 6 heteroatoms. The first-order chi connectivity index (χ1) is 10.2. The van der Waals surface area contributed by atoms with Gasteiger partial charge in [0.25, 0.3) is 0 Å². The van der Waals surface area contributed by atoms with Gasteiger partial charge in [0.2, 0.25) is 0 Å². The van der Waals surface area contributed by atoms with E-state index in [1.165, 1.54) is 0 Å². The minimum atomic E-state index is -0.473. The van der Waals surface area contributed by atoms with Gasteiger partial charge in [-0.05, 0) is 30.7 Å². The Hall–Kier alpha value is -2.47. The van der Waals surface area contributed by atoms with Gasteiger partial charge in [-0.1, -0.05) is 0 Å². The Morgan fingerprint density at radius 1 is 1.29 bits per heavy atom. The van der Waals surface area contributed by atoms with Crippen molar-refractivity contribution >= 4 is 16.9 Å². The maximum absolute atomic E-state index is 9.56. The maximum atomic E-state index is 9.56. The molecule has 6 nitrogen and oxygen atoms in total. The van der Waals surface area contributed by atoms with E-state index >= 15 is 0 Å². The third kappa shape index (κ3) is 2.57. The van der Waals surface area contributed by atoms with Crippen LogP contribution in [0.4, 0.5) is 5.82 Å². The third-order valence-electron chi connectivity index (χ3n) is 3.27. The van der Waals surface area contributed by atoms with E-state index in [1.54, 1.807) is 24.0 Å². The number of pyridine rings is 2. The largest absolute Gasteiger partial charge is 0.391 e. The number of hydrogen-bond acceptors (Lipinski definition) is 5. The summed E-state index contributed by atoms with van der Waals surface area (Å²) < 4.78 is 1.72. The first-order valence-corrected chi connectivity index (χ1v) is 6.82. The molecule has 0 amide bonds. The highest BCUT2D eigenvalue weighted by molar-refractivity contribution is 5.90. The predicted molar refractivity (Wildman–Crippen MR) is 82.0 cm³/mol. The van der Waals surface area contributed by atoms with Gasteiger partial charge in [-0.15, -0.1) is 0 Å². The summed E-state index contributed by atoms with van der Waals surface area (Å²) in [5, 5.41) is 18.0. The number of aromatic nitrogens is 4. The van der Waals surface area contributed by atoms with E-state index in [0.717, 1.165) is 28.0 Å². The van der Waals surface area contributed by atoms with Crippen LogP contribution in [-0.2, 0) is 6.54 Å². The Morgan fingerprint density at radius 2 is 2.05 bits per heavy atom. The lowest BCUT2D eigenvalue weighted by molar-refractivity contribution is 0.170. The molecule has 21 heavy (non-hydrogen) atoms. The van der Waals surface area contributed by atoms with Gasteiger partial charge in [0.05, 0.1) is 18.0 Å². The van der Waals surface area contributed by atoms with E-state index in [-0.39, 0.29) is 0 Å². The molecule has 0 aliphatic heterocycles. The second-order valence-electron chi connectivity index (χ2n) is 4.96. The van der Waals surface area contributed by atoms with Crippen LogP contribution in [-0.4, -0.2) is 38.0 Å². The molecule has 2 N–H and O–H groups in total. The Bertz CT molecular complexity index is 751. The van der Waals surface area contributed by atoms with E-state index in [4.69, 9.17) is 0 Å². The first kappa shape index (κ1) is 13.5. The number of nitrogens with one attached hydrogen (secondary N) is 1. The fourth-order valence-electron chi connectivity index (χ4n) is 2.32. The average molecular weight is 283 g/mol. The van der Waals surface area contributed by atoms with E-state index in [9.17, 15) is 5.11 Å². The lowest BCUT2D eigenvalue weighted by atomic mass is 10.1. The molecule has 0 spiro atoms. The summed E-state index contributed by atoms with van der Waals surface area (Å²) in [4.78, 5) is 8.53. The molecular weight excluding hydrogens is 266 g/mol. The summed E-state index contributed by atoms with van der Waals surface area (Å²) in [7, 11) is 1.83. The third-order valence-corrected chi connectivity index (χ3v) is 3.27. The fourth-order valence-corrected chi connectivity index (χ4v) is 2.32. The van der Waals surface area contributed by atoms with E-state index in [2.05, 4.69) is 26.4 Å². The Kier molecular flexibility index (Phi) is 3.53. The van der Waals surface area contributed by atoms with Crippen LogP contribution in [0.2, 0.25) is 0 Å². The van der Waals surface area contributed by atoms with Gasteiger partial charge in [-0.25, -0.2) is 9.67 Å². The molecule has 1 atom stereocenters. The molecule has 0 aliphatic rings. The maximum Gasteiger partial charge on any atom is 0.160 e. The minimum Gasteiger partial charge on any atom is -0.391 e. The van der Waals surface area contributed by atoms with Crippen LogP contribution < -0.4 is 5.32 Å². The second-order valence-corrected chi connectivity index (χ2v) is 4.96. The fraction of sp³-hybridized carbons (Fsp3) is 0.267. The van der Waals surface area contributed by atoms with Gasteiger partial charge in [0.1, 0.15) is 0 Å². The zero-order valence-corrected chi connectivity index (χ0v) is 12.0. The lowest BCUT2D eigenvalue weighted by Gasteiger charge is -2.05. The van der Waals surface area contributed by atoms with Crippen LogP contribution in [0.3, 0.4) is 0 Å².